The Hall–Kier alpha value is -0.590. The third kappa shape index (κ3) is 1.60. The molecule has 0 radical (unpaired) electrons. The lowest BCUT2D eigenvalue weighted by Gasteiger charge is -2.34. The van der Waals surface area contributed by atoms with Gasteiger partial charge in [-0.1, -0.05) is 26.3 Å². The van der Waals surface area contributed by atoms with Gasteiger partial charge in [0.2, 0.25) is 0 Å². The monoisotopic (exact) mass is 166 g/mol. The van der Waals surface area contributed by atoms with Crippen molar-refractivity contribution < 1.29 is 4.79 Å². The lowest BCUT2D eigenvalue weighted by atomic mass is 9.68. The van der Waals surface area contributed by atoms with E-state index in [-0.39, 0.29) is 11.3 Å². The van der Waals surface area contributed by atoms with Crippen molar-refractivity contribution in [3.8, 4) is 0 Å². The molecule has 12 heavy (non-hydrogen) atoms. The zero-order valence-electron chi connectivity index (χ0n) is 8.10. The Kier molecular flexibility index (Phi) is 2.71. The molecule has 0 aromatic carbocycles. The highest BCUT2D eigenvalue weighted by molar-refractivity contribution is 5.87. The van der Waals surface area contributed by atoms with Gasteiger partial charge in [0.15, 0.2) is 0 Å². The summed E-state index contributed by atoms with van der Waals surface area (Å²) in [5.41, 5.74) is -0.0978. The fourth-order valence-electron chi connectivity index (χ4n) is 2.17. The Morgan fingerprint density at radius 1 is 1.75 bits per heavy atom. The van der Waals surface area contributed by atoms with Crippen LogP contribution in [0.1, 0.15) is 39.5 Å². The molecule has 1 heteroatoms. The molecule has 1 saturated carbocycles. The standard InChI is InChI=1S/C11H18O/c1-4-7-11(3)8-5-6-9(2)10(11)12/h4,9H,1,5-8H2,2-3H3/t9-,11+/m0/s1. The Balaban J connectivity index is 2.73. The molecular weight excluding hydrogens is 148 g/mol. The van der Waals surface area contributed by atoms with E-state index in [1.165, 1.54) is 6.42 Å². The van der Waals surface area contributed by atoms with Crippen molar-refractivity contribution >= 4 is 5.78 Å². The van der Waals surface area contributed by atoms with Crippen molar-refractivity contribution in [3.63, 3.8) is 0 Å². The predicted octanol–water partition coefficient (Wildman–Crippen LogP) is 2.96. The van der Waals surface area contributed by atoms with Crippen molar-refractivity contribution in [2.45, 2.75) is 39.5 Å². The number of hydrogen-bond donors (Lipinski definition) is 0. The zero-order chi connectivity index (χ0) is 9.19. The first-order chi connectivity index (χ1) is 5.60. The van der Waals surface area contributed by atoms with Crippen molar-refractivity contribution in [1.82, 2.24) is 0 Å². The second kappa shape index (κ2) is 3.42. The zero-order valence-corrected chi connectivity index (χ0v) is 8.10. The number of rotatable bonds is 2. The van der Waals surface area contributed by atoms with Gasteiger partial charge in [-0.25, -0.2) is 0 Å². The van der Waals surface area contributed by atoms with Gasteiger partial charge in [-0.15, -0.1) is 6.58 Å². The molecule has 1 nitrogen and oxygen atoms in total. The van der Waals surface area contributed by atoms with Crippen molar-refractivity contribution in [2.75, 3.05) is 0 Å². The van der Waals surface area contributed by atoms with E-state index in [4.69, 9.17) is 0 Å². The number of carbonyl (C=O) groups is 1. The third-order valence-corrected chi connectivity index (χ3v) is 3.00. The minimum atomic E-state index is -0.0978. The average Bonchev–Trinajstić information content (AvgIpc) is 2.01. The normalized spacial score (nSPS) is 36.5. The number of allylic oxidation sites excluding steroid dienone is 1. The van der Waals surface area contributed by atoms with Crippen LogP contribution in [0.3, 0.4) is 0 Å². The summed E-state index contributed by atoms with van der Waals surface area (Å²) in [5.74, 6) is 0.706. The summed E-state index contributed by atoms with van der Waals surface area (Å²) < 4.78 is 0. The van der Waals surface area contributed by atoms with Crippen molar-refractivity contribution in [1.29, 1.82) is 0 Å². The molecule has 1 aliphatic carbocycles. The van der Waals surface area contributed by atoms with Gasteiger partial charge in [-0.2, -0.15) is 0 Å². The fraction of sp³-hybridized carbons (Fsp3) is 0.727. The Bertz CT molecular complexity index is 195. The lowest BCUT2D eigenvalue weighted by Crippen LogP contribution is -2.35. The van der Waals surface area contributed by atoms with E-state index in [1.807, 2.05) is 13.0 Å². The van der Waals surface area contributed by atoms with Crippen LogP contribution in [0.5, 0.6) is 0 Å². The molecule has 0 amide bonds. The summed E-state index contributed by atoms with van der Waals surface area (Å²) >= 11 is 0. The first kappa shape index (κ1) is 9.50. The van der Waals surface area contributed by atoms with Gasteiger partial charge in [-0.05, 0) is 19.3 Å². The van der Waals surface area contributed by atoms with Crippen LogP contribution in [0.15, 0.2) is 12.7 Å². The van der Waals surface area contributed by atoms with Gasteiger partial charge in [0.1, 0.15) is 5.78 Å². The van der Waals surface area contributed by atoms with Crippen LogP contribution in [0.25, 0.3) is 0 Å². The molecule has 68 valence electrons. The maximum Gasteiger partial charge on any atom is 0.141 e. The summed E-state index contributed by atoms with van der Waals surface area (Å²) in [6, 6.07) is 0. The molecule has 1 fully saturated rings. The van der Waals surface area contributed by atoms with Gasteiger partial charge in [0, 0.05) is 11.3 Å². The van der Waals surface area contributed by atoms with Crippen LogP contribution in [0.2, 0.25) is 0 Å². The molecule has 0 heterocycles. The Labute approximate surface area is 74.9 Å². The van der Waals surface area contributed by atoms with Crippen LogP contribution < -0.4 is 0 Å². The minimum Gasteiger partial charge on any atom is -0.299 e. The summed E-state index contributed by atoms with van der Waals surface area (Å²) in [5, 5.41) is 0. The highest BCUT2D eigenvalue weighted by Gasteiger charge is 2.37. The van der Waals surface area contributed by atoms with E-state index in [9.17, 15) is 4.79 Å². The second-order valence-electron chi connectivity index (χ2n) is 4.21. The maximum atomic E-state index is 11.8. The molecular formula is C11H18O. The van der Waals surface area contributed by atoms with Crippen LogP contribution >= 0.6 is 0 Å². The molecule has 0 bridgehead atoms. The molecule has 2 atom stereocenters. The van der Waals surface area contributed by atoms with E-state index in [0.29, 0.717) is 5.78 Å². The third-order valence-electron chi connectivity index (χ3n) is 3.00. The van der Waals surface area contributed by atoms with E-state index in [2.05, 4.69) is 13.5 Å². The average molecular weight is 166 g/mol. The van der Waals surface area contributed by atoms with Crippen LogP contribution in [0.4, 0.5) is 0 Å². The summed E-state index contributed by atoms with van der Waals surface area (Å²) in [4.78, 5) is 11.8. The summed E-state index contributed by atoms with van der Waals surface area (Å²) in [7, 11) is 0. The number of Topliss-reactive ketones (excluding diaryl/α,β-unsaturated/α-hetero) is 1. The molecule has 0 unspecified atom stereocenters. The number of carbonyl (C=O) groups excluding carboxylic acids is 1. The largest absolute Gasteiger partial charge is 0.299 e. The Morgan fingerprint density at radius 3 is 3.00 bits per heavy atom. The van der Waals surface area contributed by atoms with E-state index < -0.39 is 0 Å². The van der Waals surface area contributed by atoms with Crippen molar-refractivity contribution in [3.05, 3.63) is 12.7 Å². The quantitative estimate of drug-likeness (QED) is 0.576. The van der Waals surface area contributed by atoms with Crippen LogP contribution in [-0.4, -0.2) is 5.78 Å². The molecule has 1 rings (SSSR count). The highest BCUT2D eigenvalue weighted by Crippen LogP contribution is 2.38. The predicted molar refractivity (Wildman–Crippen MR) is 50.9 cm³/mol. The molecule has 0 saturated heterocycles. The summed E-state index contributed by atoms with van der Waals surface area (Å²) in [6.07, 6.45) is 6.02. The van der Waals surface area contributed by atoms with E-state index >= 15 is 0 Å². The SMILES string of the molecule is C=CC[C@]1(C)CCC[C@H](C)C1=O. The van der Waals surface area contributed by atoms with Gasteiger partial charge in [-0.3, -0.25) is 4.79 Å². The van der Waals surface area contributed by atoms with Crippen LogP contribution in [-0.2, 0) is 4.79 Å². The van der Waals surface area contributed by atoms with Gasteiger partial charge in [0.25, 0.3) is 0 Å². The number of hydrogen-bond acceptors (Lipinski definition) is 1. The van der Waals surface area contributed by atoms with Gasteiger partial charge in [0.05, 0.1) is 0 Å². The highest BCUT2D eigenvalue weighted by atomic mass is 16.1. The molecule has 0 N–H and O–H groups in total. The molecule has 0 aliphatic heterocycles. The number of ketones is 1. The smallest absolute Gasteiger partial charge is 0.141 e. The fourth-order valence-corrected chi connectivity index (χ4v) is 2.17. The van der Waals surface area contributed by atoms with Crippen molar-refractivity contribution in [2.24, 2.45) is 11.3 Å². The van der Waals surface area contributed by atoms with Gasteiger partial charge >= 0.3 is 0 Å². The Morgan fingerprint density at radius 2 is 2.42 bits per heavy atom. The minimum absolute atomic E-state index is 0.0978. The lowest BCUT2D eigenvalue weighted by molar-refractivity contribution is -0.134. The van der Waals surface area contributed by atoms with E-state index in [0.717, 1.165) is 19.3 Å². The van der Waals surface area contributed by atoms with Gasteiger partial charge < -0.3 is 0 Å². The molecule has 0 aromatic heterocycles. The first-order valence-electron chi connectivity index (χ1n) is 4.75. The van der Waals surface area contributed by atoms with Crippen LogP contribution in [0, 0.1) is 11.3 Å². The maximum absolute atomic E-state index is 11.8. The van der Waals surface area contributed by atoms with E-state index in [1.54, 1.807) is 0 Å². The summed E-state index contributed by atoms with van der Waals surface area (Å²) in [6.45, 7) is 7.83. The molecule has 0 spiro atoms. The first-order valence-corrected chi connectivity index (χ1v) is 4.75. The molecule has 0 aromatic rings. The second-order valence-corrected chi connectivity index (χ2v) is 4.21. The molecule has 1 aliphatic rings. The topological polar surface area (TPSA) is 17.1 Å².